The molecule has 1 atom stereocenters. The second-order valence-electron chi connectivity index (χ2n) is 4.47. The first kappa shape index (κ1) is 16.8. The molecular weight excluding hydrogens is 397 g/mol. The van der Waals surface area contributed by atoms with Crippen molar-refractivity contribution in [2.75, 3.05) is 0 Å². The highest BCUT2D eigenvalue weighted by atomic mass is 79.9. The Morgan fingerprint density at radius 2 is 1.86 bits per heavy atom. The maximum absolute atomic E-state index is 12.3. The third-order valence-corrected chi connectivity index (χ3v) is 5.46. The van der Waals surface area contributed by atoms with Gasteiger partial charge in [0.1, 0.15) is 0 Å². The van der Waals surface area contributed by atoms with Crippen LogP contribution in [-0.2, 0) is 10.0 Å². The molecule has 0 aliphatic heterocycles. The standard InChI is InChI=1S/C14H12BrCl2NO2S/c1-9(13-6-5-11(16)8-14(13)17)18-21(19,20)12-4-2-3-10(15)7-12/h2-9,18H,1H3/t9-/m1/s1. The zero-order chi connectivity index (χ0) is 15.6. The molecule has 0 radical (unpaired) electrons. The summed E-state index contributed by atoms with van der Waals surface area (Å²) in [5, 5.41) is 0.928. The van der Waals surface area contributed by atoms with Crippen LogP contribution in [0, 0.1) is 0 Å². The fraction of sp³-hybridized carbons (Fsp3) is 0.143. The Kier molecular flexibility index (Phi) is 5.33. The third kappa shape index (κ3) is 4.20. The van der Waals surface area contributed by atoms with Gasteiger partial charge in [0, 0.05) is 20.6 Å². The highest BCUT2D eigenvalue weighted by Crippen LogP contribution is 2.27. The minimum absolute atomic E-state index is 0.189. The largest absolute Gasteiger partial charge is 0.241 e. The lowest BCUT2D eigenvalue weighted by Gasteiger charge is -2.16. The maximum atomic E-state index is 12.3. The summed E-state index contributed by atoms with van der Waals surface area (Å²) in [4.78, 5) is 0.189. The zero-order valence-electron chi connectivity index (χ0n) is 11.0. The lowest BCUT2D eigenvalue weighted by Crippen LogP contribution is -2.27. The van der Waals surface area contributed by atoms with E-state index in [1.165, 1.54) is 6.07 Å². The number of sulfonamides is 1. The van der Waals surface area contributed by atoms with Crippen molar-refractivity contribution < 1.29 is 8.42 Å². The van der Waals surface area contributed by atoms with Crippen LogP contribution in [0.5, 0.6) is 0 Å². The van der Waals surface area contributed by atoms with Crippen LogP contribution >= 0.6 is 39.1 Å². The minimum atomic E-state index is -3.63. The zero-order valence-corrected chi connectivity index (χ0v) is 14.9. The van der Waals surface area contributed by atoms with Gasteiger partial charge in [-0.3, -0.25) is 0 Å². The molecule has 0 aliphatic carbocycles. The van der Waals surface area contributed by atoms with Gasteiger partial charge in [0.2, 0.25) is 10.0 Å². The van der Waals surface area contributed by atoms with Gasteiger partial charge in [-0.15, -0.1) is 0 Å². The van der Waals surface area contributed by atoms with E-state index in [1.54, 1.807) is 43.3 Å². The van der Waals surface area contributed by atoms with Crippen LogP contribution in [0.15, 0.2) is 51.8 Å². The van der Waals surface area contributed by atoms with E-state index in [9.17, 15) is 8.42 Å². The van der Waals surface area contributed by atoms with Gasteiger partial charge < -0.3 is 0 Å². The fourth-order valence-electron chi connectivity index (χ4n) is 1.85. The number of halogens is 3. The van der Waals surface area contributed by atoms with Crippen LogP contribution in [0.25, 0.3) is 0 Å². The smallest absolute Gasteiger partial charge is 0.207 e. The molecule has 7 heteroatoms. The summed E-state index contributed by atoms with van der Waals surface area (Å²) in [6.45, 7) is 1.73. The van der Waals surface area contributed by atoms with E-state index in [-0.39, 0.29) is 4.90 Å². The lowest BCUT2D eigenvalue weighted by atomic mass is 10.1. The Morgan fingerprint density at radius 3 is 2.48 bits per heavy atom. The monoisotopic (exact) mass is 407 g/mol. The van der Waals surface area contributed by atoms with Crippen molar-refractivity contribution in [2.45, 2.75) is 17.9 Å². The molecule has 0 saturated heterocycles. The van der Waals surface area contributed by atoms with E-state index in [0.717, 1.165) is 0 Å². The topological polar surface area (TPSA) is 46.2 Å². The molecule has 1 N–H and O–H groups in total. The van der Waals surface area contributed by atoms with Crippen LogP contribution in [-0.4, -0.2) is 8.42 Å². The van der Waals surface area contributed by atoms with Gasteiger partial charge in [0.25, 0.3) is 0 Å². The van der Waals surface area contributed by atoms with E-state index >= 15 is 0 Å². The first-order valence-electron chi connectivity index (χ1n) is 6.02. The predicted octanol–water partition coefficient (Wildman–Crippen LogP) is 4.80. The molecule has 0 unspecified atom stereocenters. The predicted molar refractivity (Wildman–Crippen MR) is 89.3 cm³/mol. The van der Waals surface area contributed by atoms with Crippen molar-refractivity contribution in [3.05, 3.63) is 62.5 Å². The number of hydrogen-bond donors (Lipinski definition) is 1. The SMILES string of the molecule is C[C@@H](NS(=O)(=O)c1cccc(Br)c1)c1ccc(Cl)cc1Cl. The summed E-state index contributed by atoms with van der Waals surface area (Å²) in [6, 6.07) is 11.0. The molecule has 0 fully saturated rings. The summed E-state index contributed by atoms with van der Waals surface area (Å²) < 4.78 is 28.0. The van der Waals surface area contributed by atoms with Gasteiger partial charge in [-0.05, 0) is 42.8 Å². The van der Waals surface area contributed by atoms with Gasteiger partial charge >= 0.3 is 0 Å². The quantitative estimate of drug-likeness (QED) is 0.789. The molecule has 0 amide bonds. The van der Waals surface area contributed by atoms with E-state index in [0.29, 0.717) is 20.1 Å². The number of nitrogens with one attached hydrogen (secondary N) is 1. The van der Waals surface area contributed by atoms with Crippen molar-refractivity contribution in [1.29, 1.82) is 0 Å². The Labute approximate surface area is 142 Å². The van der Waals surface area contributed by atoms with Gasteiger partial charge in [-0.25, -0.2) is 13.1 Å². The highest BCUT2D eigenvalue weighted by Gasteiger charge is 2.20. The Hall–Kier alpha value is -0.590. The molecular formula is C14H12BrCl2NO2S. The summed E-state index contributed by atoms with van der Waals surface area (Å²) >= 11 is 15.2. The van der Waals surface area contributed by atoms with Crippen molar-refractivity contribution in [3.8, 4) is 0 Å². The number of rotatable bonds is 4. The molecule has 0 aliphatic rings. The van der Waals surface area contributed by atoms with Gasteiger partial charge in [-0.2, -0.15) is 0 Å². The molecule has 0 bridgehead atoms. The Morgan fingerprint density at radius 1 is 1.14 bits per heavy atom. The first-order chi connectivity index (χ1) is 9.79. The van der Waals surface area contributed by atoms with E-state index in [1.807, 2.05) is 0 Å². The summed E-state index contributed by atoms with van der Waals surface area (Å²) in [5.41, 5.74) is 0.666. The molecule has 2 aromatic rings. The Bertz CT molecular complexity index is 765. The number of benzene rings is 2. The molecule has 0 aromatic heterocycles. The lowest BCUT2D eigenvalue weighted by molar-refractivity contribution is 0.567. The van der Waals surface area contributed by atoms with E-state index in [2.05, 4.69) is 20.7 Å². The van der Waals surface area contributed by atoms with Crippen molar-refractivity contribution >= 4 is 49.2 Å². The average Bonchev–Trinajstić information content (AvgIpc) is 2.37. The summed E-state index contributed by atoms with van der Waals surface area (Å²) in [6.07, 6.45) is 0. The fourth-order valence-corrected chi connectivity index (χ4v) is 4.24. The van der Waals surface area contributed by atoms with Crippen LogP contribution in [0.4, 0.5) is 0 Å². The van der Waals surface area contributed by atoms with Gasteiger partial charge in [0.05, 0.1) is 4.90 Å². The molecule has 2 rings (SSSR count). The van der Waals surface area contributed by atoms with Crippen LogP contribution in [0.1, 0.15) is 18.5 Å². The molecule has 21 heavy (non-hydrogen) atoms. The first-order valence-corrected chi connectivity index (χ1v) is 9.05. The molecule has 3 nitrogen and oxygen atoms in total. The molecule has 2 aromatic carbocycles. The Balaban J connectivity index is 2.28. The average molecular weight is 409 g/mol. The van der Waals surface area contributed by atoms with Gasteiger partial charge in [0.15, 0.2) is 0 Å². The third-order valence-electron chi connectivity index (χ3n) is 2.87. The van der Waals surface area contributed by atoms with E-state index < -0.39 is 16.1 Å². The second kappa shape index (κ2) is 6.67. The highest BCUT2D eigenvalue weighted by molar-refractivity contribution is 9.10. The maximum Gasteiger partial charge on any atom is 0.241 e. The van der Waals surface area contributed by atoms with Crippen LogP contribution in [0.3, 0.4) is 0 Å². The second-order valence-corrected chi connectivity index (χ2v) is 7.94. The molecule has 0 spiro atoms. The van der Waals surface area contributed by atoms with Crippen molar-refractivity contribution in [1.82, 2.24) is 4.72 Å². The minimum Gasteiger partial charge on any atom is -0.207 e. The van der Waals surface area contributed by atoms with Crippen molar-refractivity contribution in [3.63, 3.8) is 0 Å². The molecule has 0 heterocycles. The molecule has 112 valence electrons. The summed E-state index contributed by atoms with van der Waals surface area (Å²) in [7, 11) is -3.63. The van der Waals surface area contributed by atoms with E-state index in [4.69, 9.17) is 23.2 Å². The van der Waals surface area contributed by atoms with Crippen LogP contribution in [0.2, 0.25) is 10.0 Å². The number of hydrogen-bond acceptors (Lipinski definition) is 2. The van der Waals surface area contributed by atoms with Crippen LogP contribution < -0.4 is 4.72 Å². The van der Waals surface area contributed by atoms with Crippen molar-refractivity contribution in [2.24, 2.45) is 0 Å². The molecule has 0 saturated carbocycles. The normalized spacial score (nSPS) is 13.1. The van der Waals surface area contributed by atoms with Gasteiger partial charge in [-0.1, -0.05) is 51.3 Å². The summed E-state index contributed by atoms with van der Waals surface area (Å²) in [5.74, 6) is 0.